The highest BCUT2D eigenvalue weighted by Gasteiger charge is 2.27. The predicted molar refractivity (Wildman–Crippen MR) is 106 cm³/mol. The average molecular weight is 363 g/mol. The van der Waals surface area contributed by atoms with Crippen LogP contribution in [0.15, 0.2) is 42.5 Å². The summed E-state index contributed by atoms with van der Waals surface area (Å²) in [7, 11) is 0. The van der Waals surface area contributed by atoms with Gasteiger partial charge in [-0.1, -0.05) is 24.6 Å². The third kappa shape index (κ3) is 3.39. The van der Waals surface area contributed by atoms with Crippen molar-refractivity contribution < 1.29 is 4.39 Å². The molecule has 140 valence electrons. The van der Waals surface area contributed by atoms with Crippen LogP contribution in [0.3, 0.4) is 0 Å². The van der Waals surface area contributed by atoms with E-state index < -0.39 is 0 Å². The van der Waals surface area contributed by atoms with Gasteiger partial charge >= 0.3 is 0 Å². The molecule has 1 aromatic heterocycles. The Morgan fingerprint density at radius 3 is 2.48 bits per heavy atom. The number of benzene rings is 2. The number of aromatic nitrogens is 2. The monoisotopic (exact) mass is 363 g/mol. The number of nitrogens with zero attached hydrogens (tertiary/aromatic N) is 3. The Morgan fingerprint density at radius 1 is 0.926 bits per heavy atom. The van der Waals surface area contributed by atoms with E-state index in [0.29, 0.717) is 0 Å². The molecule has 1 fully saturated rings. The maximum atomic E-state index is 13.0. The first-order valence-corrected chi connectivity index (χ1v) is 10.2. The fourth-order valence-corrected chi connectivity index (χ4v) is 4.46. The zero-order valence-corrected chi connectivity index (χ0v) is 15.7. The van der Waals surface area contributed by atoms with Crippen LogP contribution < -0.4 is 0 Å². The molecule has 5 rings (SSSR count). The summed E-state index contributed by atoms with van der Waals surface area (Å²) in [5.41, 5.74) is 4.87. The van der Waals surface area contributed by atoms with E-state index in [1.54, 1.807) is 0 Å². The summed E-state index contributed by atoms with van der Waals surface area (Å²) in [5, 5.41) is 0. The zero-order chi connectivity index (χ0) is 18.2. The quantitative estimate of drug-likeness (QED) is 0.686. The predicted octanol–water partition coefficient (Wildman–Crippen LogP) is 4.37. The Morgan fingerprint density at radius 2 is 1.70 bits per heavy atom. The molecule has 0 spiro atoms. The van der Waals surface area contributed by atoms with Crippen molar-refractivity contribution >= 4 is 11.0 Å². The molecule has 4 heteroatoms. The highest BCUT2D eigenvalue weighted by Crippen LogP contribution is 2.27. The Balaban J connectivity index is 1.31. The van der Waals surface area contributed by atoms with Crippen LogP contribution in [-0.2, 0) is 25.8 Å². The van der Waals surface area contributed by atoms with E-state index in [1.807, 2.05) is 12.1 Å². The van der Waals surface area contributed by atoms with Crippen LogP contribution in [0.25, 0.3) is 11.0 Å². The maximum Gasteiger partial charge on any atom is 0.123 e. The number of halogens is 1. The summed E-state index contributed by atoms with van der Waals surface area (Å²) in [6.45, 7) is 3.35. The van der Waals surface area contributed by atoms with E-state index in [0.717, 1.165) is 50.5 Å². The Labute approximate surface area is 159 Å². The number of fused-ring (bicyclic) bond motifs is 3. The van der Waals surface area contributed by atoms with Gasteiger partial charge in [0.2, 0.25) is 0 Å². The van der Waals surface area contributed by atoms with Gasteiger partial charge in [-0.15, -0.1) is 0 Å². The van der Waals surface area contributed by atoms with E-state index in [-0.39, 0.29) is 5.82 Å². The molecule has 1 aliphatic carbocycles. The summed E-state index contributed by atoms with van der Waals surface area (Å²) in [6, 6.07) is 14.4. The largest absolute Gasteiger partial charge is 0.327 e. The standard InChI is InChI=1S/C23H26FN3/c24-19-9-6-17(7-10-19)4-5-18-8-11-22-21(16-18)25-23-12-13-26(14-15-27(22)23)20-2-1-3-20/h6-11,16,20H,1-5,12-15H2. The highest BCUT2D eigenvalue weighted by molar-refractivity contribution is 5.77. The third-order valence-corrected chi connectivity index (χ3v) is 6.33. The number of aryl methyl sites for hydroxylation is 2. The smallest absolute Gasteiger partial charge is 0.123 e. The minimum Gasteiger partial charge on any atom is -0.327 e. The van der Waals surface area contributed by atoms with Gasteiger partial charge in [-0.3, -0.25) is 4.90 Å². The second kappa shape index (κ2) is 7.08. The first-order chi connectivity index (χ1) is 13.3. The molecule has 2 heterocycles. The molecule has 27 heavy (non-hydrogen) atoms. The van der Waals surface area contributed by atoms with Crippen LogP contribution in [-0.4, -0.2) is 33.6 Å². The van der Waals surface area contributed by atoms with Crippen molar-refractivity contribution in [2.75, 3.05) is 13.1 Å². The molecule has 0 radical (unpaired) electrons. The van der Waals surface area contributed by atoms with E-state index >= 15 is 0 Å². The van der Waals surface area contributed by atoms with Crippen molar-refractivity contribution in [3.8, 4) is 0 Å². The number of hydrogen-bond acceptors (Lipinski definition) is 2. The SMILES string of the molecule is Fc1ccc(CCc2ccc3c(c2)nc2n3CCN(C3CCC3)CC2)cc1. The molecule has 0 unspecified atom stereocenters. The topological polar surface area (TPSA) is 21.1 Å². The van der Waals surface area contributed by atoms with Gasteiger partial charge in [-0.2, -0.15) is 0 Å². The van der Waals surface area contributed by atoms with Crippen molar-refractivity contribution in [2.24, 2.45) is 0 Å². The molecule has 2 aromatic carbocycles. The van der Waals surface area contributed by atoms with Gasteiger partial charge in [0.25, 0.3) is 0 Å². The number of imidazole rings is 1. The zero-order valence-electron chi connectivity index (χ0n) is 15.7. The molecule has 0 amide bonds. The van der Waals surface area contributed by atoms with Gasteiger partial charge in [-0.05, 0) is 61.1 Å². The Hall–Kier alpha value is -2.20. The lowest BCUT2D eigenvalue weighted by Crippen LogP contribution is -2.41. The van der Waals surface area contributed by atoms with Crippen LogP contribution >= 0.6 is 0 Å². The van der Waals surface area contributed by atoms with Crippen LogP contribution in [0, 0.1) is 5.82 Å². The van der Waals surface area contributed by atoms with Gasteiger partial charge in [0, 0.05) is 32.1 Å². The van der Waals surface area contributed by atoms with Gasteiger partial charge in [-0.25, -0.2) is 9.37 Å². The lowest BCUT2D eigenvalue weighted by Gasteiger charge is -2.36. The highest BCUT2D eigenvalue weighted by atomic mass is 19.1. The van der Waals surface area contributed by atoms with Gasteiger partial charge in [0.05, 0.1) is 11.0 Å². The number of hydrogen-bond donors (Lipinski definition) is 0. The second-order valence-electron chi connectivity index (χ2n) is 8.00. The summed E-state index contributed by atoms with van der Waals surface area (Å²) >= 11 is 0. The fraction of sp³-hybridized carbons (Fsp3) is 0.435. The summed E-state index contributed by atoms with van der Waals surface area (Å²) < 4.78 is 15.5. The van der Waals surface area contributed by atoms with Crippen molar-refractivity contribution in [3.63, 3.8) is 0 Å². The van der Waals surface area contributed by atoms with E-state index in [4.69, 9.17) is 4.98 Å². The summed E-state index contributed by atoms with van der Waals surface area (Å²) in [4.78, 5) is 7.63. The van der Waals surface area contributed by atoms with Crippen molar-refractivity contribution in [1.29, 1.82) is 0 Å². The second-order valence-corrected chi connectivity index (χ2v) is 8.00. The van der Waals surface area contributed by atoms with Crippen LogP contribution in [0.4, 0.5) is 4.39 Å². The molecule has 3 aromatic rings. The van der Waals surface area contributed by atoms with Gasteiger partial charge in [0.15, 0.2) is 0 Å². The van der Waals surface area contributed by atoms with Crippen LogP contribution in [0.2, 0.25) is 0 Å². The maximum absolute atomic E-state index is 13.0. The van der Waals surface area contributed by atoms with Gasteiger partial charge in [0.1, 0.15) is 11.6 Å². The van der Waals surface area contributed by atoms with Crippen molar-refractivity contribution in [1.82, 2.24) is 14.5 Å². The lowest BCUT2D eigenvalue weighted by molar-refractivity contribution is 0.130. The molecule has 3 nitrogen and oxygen atoms in total. The van der Waals surface area contributed by atoms with Gasteiger partial charge < -0.3 is 4.57 Å². The average Bonchev–Trinajstić information content (AvgIpc) is 2.86. The Kier molecular flexibility index (Phi) is 4.44. The molecule has 0 atom stereocenters. The van der Waals surface area contributed by atoms with Crippen LogP contribution in [0.1, 0.15) is 36.2 Å². The molecule has 1 aliphatic heterocycles. The minimum absolute atomic E-state index is 0.171. The summed E-state index contributed by atoms with van der Waals surface area (Å²) in [5.74, 6) is 1.07. The number of rotatable bonds is 4. The molecule has 2 aliphatic rings. The van der Waals surface area contributed by atoms with Crippen molar-refractivity contribution in [2.45, 2.75) is 51.1 Å². The van der Waals surface area contributed by atoms with E-state index in [1.165, 1.54) is 53.9 Å². The van der Waals surface area contributed by atoms with E-state index in [9.17, 15) is 4.39 Å². The lowest BCUT2D eigenvalue weighted by atomic mass is 9.91. The Bertz CT molecular complexity index is 940. The normalized spacial score (nSPS) is 18.3. The first kappa shape index (κ1) is 16.9. The molecule has 0 saturated heterocycles. The first-order valence-electron chi connectivity index (χ1n) is 10.2. The fourth-order valence-electron chi connectivity index (χ4n) is 4.46. The van der Waals surface area contributed by atoms with Crippen LogP contribution in [0.5, 0.6) is 0 Å². The minimum atomic E-state index is -0.171. The molecule has 0 bridgehead atoms. The van der Waals surface area contributed by atoms with E-state index in [2.05, 4.69) is 27.7 Å². The molecule has 0 N–H and O–H groups in total. The van der Waals surface area contributed by atoms with Crippen molar-refractivity contribution in [3.05, 3.63) is 65.2 Å². The molecular weight excluding hydrogens is 337 g/mol. The third-order valence-electron chi connectivity index (χ3n) is 6.33. The molecular formula is C23H26FN3. The summed E-state index contributed by atoms with van der Waals surface area (Å²) in [6.07, 6.45) is 7.08. The molecule has 1 saturated carbocycles.